The highest BCUT2D eigenvalue weighted by Gasteiger charge is 2.32. The van der Waals surface area contributed by atoms with Crippen LogP contribution >= 0.6 is 0 Å². The number of pyridine rings is 1. The molecule has 0 radical (unpaired) electrons. The maximum Gasteiger partial charge on any atom is 0.233 e. The number of carbonyl (C=O) groups is 2. The van der Waals surface area contributed by atoms with Gasteiger partial charge in [-0.3, -0.25) is 14.6 Å². The highest BCUT2D eigenvalue weighted by atomic mass is 16.5. The van der Waals surface area contributed by atoms with E-state index in [0.29, 0.717) is 25.9 Å². The van der Waals surface area contributed by atoms with Crippen LogP contribution in [0.15, 0.2) is 48.8 Å². The number of ketones is 1. The number of amides is 1. The zero-order chi connectivity index (χ0) is 19.1. The first-order chi connectivity index (χ1) is 13.2. The lowest BCUT2D eigenvalue weighted by atomic mass is 9.87. The predicted molar refractivity (Wildman–Crippen MR) is 103 cm³/mol. The average Bonchev–Trinajstić information content (AvgIpc) is 2.72. The fourth-order valence-electron chi connectivity index (χ4n) is 3.50. The SMILES string of the molecule is COc1ccc(CN(CCc2ccncc2)C(=O)C2CCCCC2=O)cc1. The molecule has 5 nitrogen and oxygen atoms in total. The fourth-order valence-corrected chi connectivity index (χ4v) is 3.50. The van der Waals surface area contributed by atoms with E-state index in [-0.39, 0.29) is 11.7 Å². The molecular weight excluding hydrogens is 340 g/mol. The molecule has 3 rings (SSSR count). The van der Waals surface area contributed by atoms with E-state index < -0.39 is 5.92 Å². The van der Waals surface area contributed by atoms with Crippen LogP contribution in [0.3, 0.4) is 0 Å². The third-order valence-corrected chi connectivity index (χ3v) is 5.12. The highest BCUT2D eigenvalue weighted by molar-refractivity contribution is 6.01. The van der Waals surface area contributed by atoms with Crippen molar-refractivity contribution in [3.63, 3.8) is 0 Å². The molecule has 142 valence electrons. The van der Waals surface area contributed by atoms with Gasteiger partial charge in [0.25, 0.3) is 0 Å². The van der Waals surface area contributed by atoms with E-state index in [1.165, 1.54) is 0 Å². The van der Waals surface area contributed by atoms with Crippen LogP contribution in [-0.4, -0.2) is 35.2 Å². The van der Waals surface area contributed by atoms with Gasteiger partial charge in [0.2, 0.25) is 5.91 Å². The molecular formula is C22H26N2O3. The van der Waals surface area contributed by atoms with Gasteiger partial charge >= 0.3 is 0 Å². The van der Waals surface area contributed by atoms with Crippen molar-refractivity contribution in [3.05, 3.63) is 59.9 Å². The number of benzene rings is 1. The summed E-state index contributed by atoms with van der Waals surface area (Å²) in [6, 6.07) is 11.6. The van der Waals surface area contributed by atoms with Gasteiger partial charge in [-0.2, -0.15) is 0 Å². The molecule has 1 aliphatic carbocycles. The Bertz CT molecular complexity index is 759. The second-order valence-electron chi connectivity index (χ2n) is 6.98. The Morgan fingerprint density at radius 1 is 1.11 bits per heavy atom. The largest absolute Gasteiger partial charge is 0.497 e. The second-order valence-corrected chi connectivity index (χ2v) is 6.98. The Morgan fingerprint density at radius 2 is 1.85 bits per heavy atom. The average molecular weight is 366 g/mol. The van der Waals surface area contributed by atoms with Gasteiger partial charge in [-0.15, -0.1) is 0 Å². The van der Waals surface area contributed by atoms with Gasteiger partial charge in [-0.25, -0.2) is 0 Å². The minimum atomic E-state index is -0.477. The van der Waals surface area contributed by atoms with Gasteiger partial charge in [0.05, 0.1) is 13.0 Å². The number of hydrogen-bond acceptors (Lipinski definition) is 4. The van der Waals surface area contributed by atoms with Crippen molar-refractivity contribution in [2.45, 2.75) is 38.6 Å². The number of methoxy groups -OCH3 is 1. The quantitative estimate of drug-likeness (QED) is 0.705. The topological polar surface area (TPSA) is 59.5 Å². The van der Waals surface area contributed by atoms with Gasteiger partial charge in [0.15, 0.2) is 0 Å². The van der Waals surface area contributed by atoms with Crippen LogP contribution in [0, 0.1) is 5.92 Å². The normalized spacial score (nSPS) is 16.8. The summed E-state index contributed by atoms with van der Waals surface area (Å²) in [5, 5.41) is 0. The molecule has 0 N–H and O–H groups in total. The first-order valence-corrected chi connectivity index (χ1v) is 9.50. The Labute approximate surface area is 160 Å². The number of aromatic nitrogens is 1. The van der Waals surface area contributed by atoms with Crippen LogP contribution in [0.4, 0.5) is 0 Å². The van der Waals surface area contributed by atoms with E-state index in [4.69, 9.17) is 4.74 Å². The van der Waals surface area contributed by atoms with Crippen LogP contribution in [0.2, 0.25) is 0 Å². The number of Topliss-reactive ketones (excluding diaryl/α,β-unsaturated/α-hetero) is 1. The molecule has 0 saturated heterocycles. The van der Waals surface area contributed by atoms with Crippen molar-refractivity contribution in [3.8, 4) is 5.75 Å². The number of rotatable bonds is 7. The first kappa shape index (κ1) is 19.1. The minimum absolute atomic E-state index is 0.0374. The number of ether oxygens (including phenoxy) is 1. The molecule has 1 amide bonds. The van der Waals surface area contributed by atoms with Crippen LogP contribution in [-0.2, 0) is 22.6 Å². The third-order valence-electron chi connectivity index (χ3n) is 5.12. The maximum atomic E-state index is 13.1. The fraction of sp³-hybridized carbons (Fsp3) is 0.409. The summed E-state index contributed by atoms with van der Waals surface area (Å²) in [4.78, 5) is 31.3. The molecule has 0 spiro atoms. The van der Waals surface area contributed by atoms with Crippen molar-refractivity contribution in [2.75, 3.05) is 13.7 Å². The third kappa shape index (κ3) is 5.16. The van der Waals surface area contributed by atoms with Crippen molar-refractivity contribution < 1.29 is 14.3 Å². The van der Waals surface area contributed by atoms with Crippen molar-refractivity contribution >= 4 is 11.7 Å². The zero-order valence-corrected chi connectivity index (χ0v) is 15.8. The molecule has 1 fully saturated rings. The van der Waals surface area contributed by atoms with Crippen molar-refractivity contribution in [2.24, 2.45) is 5.92 Å². The molecule has 27 heavy (non-hydrogen) atoms. The molecule has 5 heteroatoms. The second kappa shape index (κ2) is 9.31. The van der Waals surface area contributed by atoms with E-state index in [1.807, 2.05) is 41.3 Å². The molecule has 1 aromatic carbocycles. The Kier molecular flexibility index (Phi) is 6.58. The maximum absolute atomic E-state index is 13.1. The molecule has 1 unspecified atom stereocenters. The van der Waals surface area contributed by atoms with Crippen LogP contribution < -0.4 is 4.74 Å². The number of nitrogens with zero attached hydrogens (tertiary/aromatic N) is 2. The van der Waals surface area contributed by atoms with Crippen molar-refractivity contribution in [1.29, 1.82) is 0 Å². The summed E-state index contributed by atoms with van der Waals surface area (Å²) >= 11 is 0. The van der Waals surface area contributed by atoms with Crippen LogP contribution in [0.25, 0.3) is 0 Å². The lowest BCUT2D eigenvalue weighted by Crippen LogP contribution is -2.41. The molecule has 0 bridgehead atoms. The Balaban J connectivity index is 1.74. The minimum Gasteiger partial charge on any atom is -0.497 e. The Morgan fingerprint density at radius 3 is 2.52 bits per heavy atom. The molecule has 1 aromatic heterocycles. The van der Waals surface area contributed by atoms with Crippen LogP contribution in [0.5, 0.6) is 5.75 Å². The van der Waals surface area contributed by atoms with E-state index in [2.05, 4.69) is 4.98 Å². The summed E-state index contributed by atoms with van der Waals surface area (Å²) < 4.78 is 5.21. The molecule has 0 aliphatic heterocycles. The highest BCUT2D eigenvalue weighted by Crippen LogP contribution is 2.24. The molecule has 2 aromatic rings. The lowest BCUT2D eigenvalue weighted by molar-refractivity contribution is -0.143. The predicted octanol–water partition coefficient (Wildman–Crippen LogP) is 3.42. The molecule has 1 saturated carbocycles. The smallest absolute Gasteiger partial charge is 0.233 e. The van der Waals surface area contributed by atoms with Gasteiger partial charge in [-0.05, 0) is 54.7 Å². The lowest BCUT2D eigenvalue weighted by Gasteiger charge is -2.29. The van der Waals surface area contributed by atoms with Gasteiger partial charge in [-0.1, -0.05) is 18.6 Å². The summed E-state index contributed by atoms with van der Waals surface area (Å²) in [7, 11) is 1.63. The monoisotopic (exact) mass is 366 g/mol. The summed E-state index contributed by atoms with van der Waals surface area (Å²) in [5.74, 6) is 0.366. The van der Waals surface area contributed by atoms with E-state index in [1.54, 1.807) is 19.5 Å². The molecule has 1 atom stereocenters. The van der Waals surface area contributed by atoms with Gasteiger partial charge in [0, 0.05) is 31.9 Å². The van der Waals surface area contributed by atoms with Crippen molar-refractivity contribution in [1.82, 2.24) is 9.88 Å². The van der Waals surface area contributed by atoms with E-state index in [0.717, 1.165) is 36.1 Å². The number of hydrogen-bond donors (Lipinski definition) is 0. The molecule has 1 aliphatic rings. The first-order valence-electron chi connectivity index (χ1n) is 9.50. The van der Waals surface area contributed by atoms with Gasteiger partial charge in [0.1, 0.15) is 11.5 Å². The zero-order valence-electron chi connectivity index (χ0n) is 15.8. The number of carbonyl (C=O) groups excluding carboxylic acids is 2. The molecule has 1 heterocycles. The van der Waals surface area contributed by atoms with Crippen LogP contribution in [0.1, 0.15) is 36.8 Å². The standard InChI is InChI=1S/C22H26N2O3/c1-27-19-8-6-18(7-9-19)16-24(15-12-17-10-13-23-14-11-17)22(26)20-4-2-3-5-21(20)25/h6-11,13-14,20H,2-5,12,15-16H2,1H3. The Hall–Kier alpha value is -2.69. The summed E-state index contributed by atoms with van der Waals surface area (Å²) in [6.07, 6.45) is 7.31. The summed E-state index contributed by atoms with van der Waals surface area (Å²) in [6.45, 7) is 1.08. The van der Waals surface area contributed by atoms with E-state index >= 15 is 0 Å². The summed E-state index contributed by atoms with van der Waals surface area (Å²) in [5.41, 5.74) is 2.16. The van der Waals surface area contributed by atoms with Gasteiger partial charge < -0.3 is 9.64 Å². The van der Waals surface area contributed by atoms with E-state index in [9.17, 15) is 9.59 Å².